The summed E-state index contributed by atoms with van der Waals surface area (Å²) in [5.74, 6) is 1.25. The molecule has 3 N–H and O–H groups in total. The van der Waals surface area contributed by atoms with E-state index in [1.54, 1.807) is 7.11 Å². The van der Waals surface area contributed by atoms with Crippen molar-refractivity contribution in [3.8, 4) is 5.75 Å². The van der Waals surface area contributed by atoms with E-state index in [1.165, 1.54) is 5.56 Å². The van der Waals surface area contributed by atoms with Crippen LogP contribution in [0.5, 0.6) is 5.75 Å². The van der Waals surface area contributed by atoms with Crippen LogP contribution in [0.4, 0.5) is 0 Å². The molecule has 0 aromatic heterocycles. The quantitative estimate of drug-likeness (QED) is 0.770. The molecular formula is C21H29ClN2O2. The third-order valence-corrected chi connectivity index (χ3v) is 4.39. The van der Waals surface area contributed by atoms with Gasteiger partial charge < -0.3 is 15.8 Å². The molecule has 0 saturated heterocycles. The standard InChI is InChI=1S/C21H28N2O2.ClH/c1-14(2)17-7-9-18(10-8-17)19(22)13-23-21(24)12-16-6-5-15(3)20(11-16)25-4;/h5-11,14,19H,12-13,22H2,1-4H3,(H,23,24);1H. The first-order chi connectivity index (χ1) is 11.9. The van der Waals surface area contributed by atoms with Crippen LogP contribution in [0.25, 0.3) is 0 Å². The Labute approximate surface area is 162 Å². The fraction of sp³-hybridized carbons (Fsp3) is 0.381. The number of benzene rings is 2. The van der Waals surface area contributed by atoms with E-state index >= 15 is 0 Å². The Balaban J connectivity index is 0.00000338. The van der Waals surface area contributed by atoms with Gasteiger partial charge in [-0.15, -0.1) is 12.4 Å². The Morgan fingerprint density at radius 3 is 2.31 bits per heavy atom. The number of hydrogen-bond donors (Lipinski definition) is 2. The van der Waals surface area contributed by atoms with Crippen LogP contribution in [-0.4, -0.2) is 19.6 Å². The van der Waals surface area contributed by atoms with Gasteiger partial charge in [-0.05, 0) is 41.2 Å². The predicted octanol–water partition coefficient (Wildman–Crippen LogP) is 3.91. The van der Waals surface area contributed by atoms with Gasteiger partial charge in [0.1, 0.15) is 5.75 Å². The van der Waals surface area contributed by atoms with Crippen molar-refractivity contribution in [1.82, 2.24) is 5.32 Å². The second-order valence-electron chi connectivity index (χ2n) is 6.71. The molecule has 1 amide bonds. The highest BCUT2D eigenvalue weighted by Crippen LogP contribution is 2.19. The first-order valence-electron chi connectivity index (χ1n) is 8.66. The summed E-state index contributed by atoms with van der Waals surface area (Å²) in [5.41, 5.74) is 10.5. The molecule has 2 aromatic rings. The summed E-state index contributed by atoms with van der Waals surface area (Å²) in [6.07, 6.45) is 0.315. The molecule has 0 aliphatic rings. The SMILES string of the molecule is COc1cc(CC(=O)NCC(N)c2ccc(C(C)C)cc2)ccc1C.Cl. The molecule has 1 unspecified atom stereocenters. The third-order valence-electron chi connectivity index (χ3n) is 4.39. The van der Waals surface area contributed by atoms with Crippen LogP contribution >= 0.6 is 12.4 Å². The summed E-state index contributed by atoms with van der Waals surface area (Å²) in [6, 6.07) is 13.9. The van der Waals surface area contributed by atoms with Gasteiger partial charge in [0.15, 0.2) is 0 Å². The maximum absolute atomic E-state index is 12.2. The first-order valence-corrected chi connectivity index (χ1v) is 8.66. The van der Waals surface area contributed by atoms with Crippen LogP contribution in [0, 0.1) is 6.92 Å². The minimum absolute atomic E-state index is 0. The number of rotatable bonds is 7. The maximum atomic E-state index is 12.2. The number of carbonyl (C=O) groups is 1. The van der Waals surface area contributed by atoms with E-state index < -0.39 is 0 Å². The Bertz CT molecular complexity index is 714. The largest absolute Gasteiger partial charge is 0.496 e. The van der Waals surface area contributed by atoms with Crippen LogP contribution in [0.15, 0.2) is 42.5 Å². The lowest BCUT2D eigenvalue weighted by Gasteiger charge is -2.15. The van der Waals surface area contributed by atoms with E-state index in [4.69, 9.17) is 10.5 Å². The Kier molecular flexibility index (Phi) is 8.62. The van der Waals surface area contributed by atoms with Gasteiger partial charge in [-0.2, -0.15) is 0 Å². The molecule has 0 saturated carbocycles. The normalized spacial score (nSPS) is 11.6. The zero-order chi connectivity index (χ0) is 18.4. The third kappa shape index (κ3) is 6.04. The lowest BCUT2D eigenvalue weighted by Crippen LogP contribution is -2.32. The Morgan fingerprint density at radius 2 is 1.73 bits per heavy atom. The van der Waals surface area contributed by atoms with E-state index in [9.17, 15) is 4.79 Å². The molecule has 0 radical (unpaired) electrons. The fourth-order valence-electron chi connectivity index (χ4n) is 2.69. The van der Waals surface area contributed by atoms with Gasteiger partial charge in [-0.1, -0.05) is 50.2 Å². The molecule has 0 heterocycles. The molecule has 142 valence electrons. The second-order valence-corrected chi connectivity index (χ2v) is 6.71. The second kappa shape index (κ2) is 10.2. The van der Waals surface area contributed by atoms with Crippen molar-refractivity contribution in [2.24, 2.45) is 5.73 Å². The number of amides is 1. The van der Waals surface area contributed by atoms with Gasteiger partial charge in [-0.3, -0.25) is 4.79 Å². The number of hydrogen-bond acceptors (Lipinski definition) is 3. The summed E-state index contributed by atoms with van der Waals surface area (Å²) < 4.78 is 5.30. The molecule has 0 spiro atoms. The van der Waals surface area contributed by atoms with E-state index in [0.29, 0.717) is 18.9 Å². The average Bonchev–Trinajstić information content (AvgIpc) is 2.61. The number of halogens is 1. The number of aryl methyl sites for hydroxylation is 1. The molecule has 0 fully saturated rings. The van der Waals surface area contributed by atoms with Gasteiger partial charge in [0.2, 0.25) is 5.91 Å². The van der Waals surface area contributed by atoms with Crippen LogP contribution in [-0.2, 0) is 11.2 Å². The number of carbonyl (C=O) groups excluding carboxylic acids is 1. The van der Waals surface area contributed by atoms with Crippen molar-refractivity contribution in [2.75, 3.05) is 13.7 Å². The highest BCUT2D eigenvalue weighted by molar-refractivity contribution is 5.85. The van der Waals surface area contributed by atoms with Gasteiger partial charge in [-0.25, -0.2) is 0 Å². The fourth-order valence-corrected chi connectivity index (χ4v) is 2.69. The van der Waals surface area contributed by atoms with Gasteiger partial charge in [0.25, 0.3) is 0 Å². The lowest BCUT2D eigenvalue weighted by atomic mass is 9.99. The molecule has 5 heteroatoms. The predicted molar refractivity (Wildman–Crippen MR) is 109 cm³/mol. The highest BCUT2D eigenvalue weighted by Gasteiger charge is 2.10. The molecular weight excluding hydrogens is 348 g/mol. The molecule has 2 aromatic carbocycles. The summed E-state index contributed by atoms with van der Waals surface area (Å²) >= 11 is 0. The monoisotopic (exact) mass is 376 g/mol. The molecule has 0 aliphatic heterocycles. The van der Waals surface area contributed by atoms with E-state index in [0.717, 1.165) is 22.4 Å². The first kappa shape index (κ1) is 22.0. The average molecular weight is 377 g/mol. The molecule has 0 aliphatic carbocycles. The number of nitrogens with two attached hydrogens (primary N) is 1. The minimum atomic E-state index is -0.210. The van der Waals surface area contributed by atoms with Crippen LogP contribution in [0.1, 0.15) is 48.1 Å². The summed E-state index contributed by atoms with van der Waals surface area (Å²) in [5, 5.41) is 2.91. The maximum Gasteiger partial charge on any atom is 0.224 e. The Morgan fingerprint density at radius 1 is 1.12 bits per heavy atom. The molecule has 4 nitrogen and oxygen atoms in total. The van der Waals surface area contributed by atoms with Crippen LogP contribution in [0.2, 0.25) is 0 Å². The summed E-state index contributed by atoms with van der Waals surface area (Å²) in [6.45, 7) is 6.72. The summed E-state index contributed by atoms with van der Waals surface area (Å²) in [7, 11) is 1.63. The topological polar surface area (TPSA) is 64.3 Å². The van der Waals surface area contributed by atoms with Crippen molar-refractivity contribution in [2.45, 2.75) is 39.2 Å². The zero-order valence-electron chi connectivity index (χ0n) is 15.9. The molecule has 0 bridgehead atoms. The van der Waals surface area contributed by atoms with Crippen molar-refractivity contribution in [3.63, 3.8) is 0 Å². The number of nitrogens with one attached hydrogen (secondary N) is 1. The van der Waals surface area contributed by atoms with Crippen LogP contribution < -0.4 is 15.8 Å². The summed E-state index contributed by atoms with van der Waals surface area (Å²) in [4.78, 5) is 12.2. The Hall–Kier alpha value is -2.04. The lowest BCUT2D eigenvalue weighted by molar-refractivity contribution is -0.120. The van der Waals surface area contributed by atoms with Crippen molar-refractivity contribution < 1.29 is 9.53 Å². The number of ether oxygens (including phenoxy) is 1. The van der Waals surface area contributed by atoms with Gasteiger partial charge in [0.05, 0.1) is 13.5 Å². The molecule has 2 rings (SSSR count). The van der Waals surface area contributed by atoms with Crippen molar-refractivity contribution in [1.29, 1.82) is 0 Å². The van der Waals surface area contributed by atoms with Crippen molar-refractivity contribution in [3.05, 3.63) is 64.7 Å². The smallest absolute Gasteiger partial charge is 0.224 e. The molecule has 1 atom stereocenters. The van der Waals surface area contributed by atoms with Gasteiger partial charge >= 0.3 is 0 Å². The molecule has 26 heavy (non-hydrogen) atoms. The zero-order valence-corrected chi connectivity index (χ0v) is 16.7. The van der Waals surface area contributed by atoms with E-state index in [1.807, 2.05) is 37.3 Å². The van der Waals surface area contributed by atoms with E-state index in [2.05, 4.69) is 31.3 Å². The van der Waals surface area contributed by atoms with E-state index in [-0.39, 0.29) is 24.4 Å². The van der Waals surface area contributed by atoms with Gasteiger partial charge in [0, 0.05) is 12.6 Å². The van der Waals surface area contributed by atoms with Crippen molar-refractivity contribution >= 4 is 18.3 Å². The highest BCUT2D eigenvalue weighted by atomic mass is 35.5. The van der Waals surface area contributed by atoms with Crippen LogP contribution in [0.3, 0.4) is 0 Å². The number of methoxy groups -OCH3 is 1. The minimum Gasteiger partial charge on any atom is -0.496 e.